The van der Waals surface area contributed by atoms with Crippen LogP contribution in [0.2, 0.25) is 0 Å². The fourth-order valence-corrected chi connectivity index (χ4v) is 9.20. The molecule has 0 fully saturated rings. The van der Waals surface area contributed by atoms with E-state index in [0.29, 0.717) is 11.6 Å². The zero-order chi connectivity index (χ0) is 41.0. The lowest BCUT2D eigenvalue weighted by molar-refractivity contribution is 0.669. The molecule has 62 heavy (non-hydrogen) atoms. The molecule has 0 bridgehead atoms. The molecular formula is C57H36N4O. The molecule has 0 saturated heterocycles. The van der Waals surface area contributed by atoms with Crippen LogP contribution in [0.3, 0.4) is 0 Å². The van der Waals surface area contributed by atoms with E-state index in [9.17, 15) is 0 Å². The molecule has 12 rings (SSSR count). The maximum atomic E-state index is 6.80. The summed E-state index contributed by atoms with van der Waals surface area (Å²) in [6.07, 6.45) is 1.62. The largest absolute Gasteiger partial charge is 0.456 e. The lowest BCUT2D eigenvalue weighted by atomic mass is 9.86. The first-order valence-electron chi connectivity index (χ1n) is 20.8. The molecular weight excluding hydrogens is 757 g/mol. The van der Waals surface area contributed by atoms with Crippen LogP contribution in [-0.4, -0.2) is 19.5 Å². The van der Waals surface area contributed by atoms with Gasteiger partial charge in [0.05, 0.1) is 16.4 Å². The van der Waals surface area contributed by atoms with Crippen LogP contribution in [0.5, 0.6) is 0 Å². The van der Waals surface area contributed by atoms with Gasteiger partial charge in [-0.15, -0.1) is 0 Å². The van der Waals surface area contributed by atoms with Crippen LogP contribution in [0, 0.1) is 0 Å². The summed E-state index contributed by atoms with van der Waals surface area (Å²) in [5, 5.41) is 4.55. The van der Waals surface area contributed by atoms with Crippen molar-refractivity contribution < 1.29 is 4.42 Å². The summed E-state index contributed by atoms with van der Waals surface area (Å²) in [6.45, 7) is 0. The summed E-state index contributed by atoms with van der Waals surface area (Å²) < 4.78 is 9.17. The fraction of sp³-hybridized carbons (Fsp3) is 0. The number of nitrogens with zero attached hydrogens (tertiary/aromatic N) is 4. The normalized spacial score (nSPS) is 11.5. The average molecular weight is 793 g/mol. The van der Waals surface area contributed by atoms with E-state index in [1.807, 2.05) is 30.3 Å². The summed E-state index contributed by atoms with van der Waals surface area (Å²) in [6, 6.07) is 74.7. The second kappa shape index (κ2) is 14.7. The molecule has 0 spiro atoms. The predicted molar refractivity (Wildman–Crippen MR) is 254 cm³/mol. The van der Waals surface area contributed by atoms with Gasteiger partial charge in [0.15, 0.2) is 11.6 Å². The van der Waals surface area contributed by atoms with Crippen LogP contribution in [0.1, 0.15) is 0 Å². The van der Waals surface area contributed by atoms with E-state index in [1.54, 1.807) is 6.33 Å². The highest BCUT2D eigenvalue weighted by Crippen LogP contribution is 2.45. The summed E-state index contributed by atoms with van der Waals surface area (Å²) in [5.74, 6) is 1.21. The van der Waals surface area contributed by atoms with Gasteiger partial charge in [0, 0.05) is 33.0 Å². The summed E-state index contributed by atoms with van der Waals surface area (Å²) in [5.41, 5.74) is 15.7. The van der Waals surface area contributed by atoms with Crippen molar-refractivity contribution in [3.8, 4) is 73.0 Å². The predicted octanol–water partition coefficient (Wildman–Crippen LogP) is 14.9. The Kier molecular flexibility index (Phi) is 8.42. The highest BCUT2D eigenvalue weighted by molar-refractivity contribution is 6.24. The Morgan fingerprint density at radius 1 is 0.371 bits per heavy atom. The number of aromatic nitrogens is 4. The molecule has 3 heterocycles. The third kappa shape index (κ3) is 5.90. The number of furan rings is 1. The Morgan fingerprint density at radius 2 is 0.984 bits per heavy atom. The topological polar surface area (TPSA) is 56.7 Å². The van der Waals surface area contributed by atoms with Crippen molar-refractivity contribution in [1.82, 2.24) is 19.5 Å². The van der Waals surface area contributed by atoms with Crippen LogP contribution >= 0.6 is 0 Å². The number of fused-ring (bicyclic) bond motifs is 7. The Balaban J connectivity index is 1.09. The molecule has 5 heteroatoms. The Bertz CT molecular complexity index is 3560. The quantitative estimate of drug-likeness (QED) is 0.161. The molecule has 3 aromatic heterocycles. The minimum absolute atomic E-state index is 0.591. The lowest BCUT2D eigenvalue weighted by Gasteiger charge is -2.18. The van der Waals surface area contributed by atoms with E-state index < -0.39 is 0 Å². The molecule has 0 aliphatic rings. The van der Waals surface area contributed by atoms with E-state index >= 15 is 0 Å². The standard InChI is InChI=1S/C57H36N4O/c1-5-16-37(17-6-1)44-25-15-26-45(38-18-7-2-8-19-38)53(44)41-29-30-43(49(34-41)57-59-36-58-56(60-57)39-20-9-3-10-21-39)40-28-31-48-52(35-40)62-51-33-32-47-46-24-13-14-27-50(46)61(55(47)54(48)51)42-22-11-4-12-23-42/h1-36H. The Morgan fingerprint density at radius 3 is 1.71 bits per heavy atom. The van der Waals surface area contributed by atoms with Crippen LogP contribution in [0.4, 0.5) is 0 Å². The van der Waals surface area contributed by atoms with Crippen molar-refractivity contribution in [1.29, 1.82) is 0 Å². The number of benzene rings is 9. The molecule has 9 aromatic carbocycles. The SMILES string of the molecule is c1ccc(-c2ncnc(-c3cc(-c4c(-c5ccccc5)cccc4-c4ccccc4)ccc3-c3ccc4c(c3)oc3ccc5c6ccccc6n(-c6ccccc6)c5c34)n2)cc1. The van der Waals surface area contributed by atoms with E-state index in [0.717, 1.165) is 94.3 Å². The summed E-state index contributed by atoms with van der Waals surface area (Å²) in [4.78, 5) is 14.6. The Labute approximate surface area is 357 Å². The maximum Gasteiger partial charge on any atom is 0.164 e. The molecule has 290 valence electrons. The summed E-state index contributed by atoms with van der Waals surface area (Å²) in [7, 11) is 0. The van der Waals surface area contributed by atoms with Crippen molar-refractivity contribution in [2.75, 3.05) is 0 Å². The second-order valence-corrected chi connectivity index (χ2v) is 15.6. The third-order valence-electron chi connectivity index (χ3n) is 12.0. The van der Waals surface area contributed by atoms with Crippen molar-refractivity contribution in [2.45, 2.75) is 0 Å². The van der Waals surface area contributed by atoms with Crippen molar-refractivity contribution in [3.63, 3.8) is 0 Å². The third-order valence-corrected chi connectivity index (χ3v) is 12.0. The first-order chi connectivity index (χ1) is 30.8. The van der Waals surface area contributed by atoms with Gasteiger partial charge in [-0.1, -0.05) is 164 Å². The zero-order valence-electron chi connectivity index (χ0n) is 33.5. The van der Waals surface area contributed by atoms with Crippen LogP contribution < -0.4 is 0 Å². The second-order valence-electron chi connectivity index (χ2n) is 15.6. The minimum atomic E-state index is 0.591. The van der Waals surface area contributed by atoms with Gasteiger partial charge in [0.2, 0.25) is 0 Å². The molecule has 0 aliphatic carbocycles. The van der Waals surface area contributed by atoms with Gasteiger partial charge in [0.25, 0.3) is 0 Å². The lowest BCUT2D eigenvalue weighted by Crippen LogP contribution is -1.98. The maximum absolute atomic E-state index is 6.80. The number of hydrogen-bond acceptors (Lipinski definition) is 4. The van der Waals surface area contributed by atoms with Crippen LogP contribution in [-0.2, 0) is 0 Å². The van der Waals surface area contributed by atoms with Crippen molar-refractivity contribution in [2.24, 2.45) is 0 Å². The molecule has 0 N–H and O–H groups in total. The van der Waals surface area contributed by atoms with Gasteiger partial charge < -0.3 is 8.98 Å². The fourth-order valence-electron chi connectivity index (χ4n) is 9.20. The first-order valence-corrected chi connectivity index (χ1v) is 20.8. The summed E-state index contributed by atoms with van der Waals surface area (Å²) >= 11 is 0. The molecule has 0 unspecified atom stereocenters. The smallest absolute Gasteiger partial charge is 0.164 e. The molecule has 0 atom stereocenters. The first kappa shape index (κ1) is 35.5. The number of rotatable bonds is 7. The average Bonchev–Trinajstić information content (AvgIpc) is 3.90. The minimum Gasteiger partial charge on any atom is -0.456 e. The van der Waals surface area contributed by atoms with Gasteiger partial charge in [0.1, 0.15) is 17.5 Å². The Hall–Kier alpha value is -8.41. The zero-order valence-corrected chi connectivity index (χ0v) is 33.5. The van der Waals surface area contributed by atoms with Crippen LogP contribution in [0.15, 0.2) is 223 Å². The van der Waals surface area contributed by atoms with Gasteiger partial charge in [-0.25, -0.2) is 15.0 Å². The van der Waals surface area contributed by atoms with Crippen LogP contribution in [0.25, 0.3) is 117 Å². The van der Waals surface area contributed by atoms with Crippen molar-refractivity contribution in [3.05, 3.63) is 219 Å². The van der Waals surface area contributed by atoms with Crippen molar-refractivity contribution >= 4 is 43.7 Å². The highest BCUT2D eigenvalue weighted by Gasteiger charge is 2.22. The van der Waals surface area contributed by atoms with Gasteiger partial charge >= 0.3 is 0 Å². The van der Waals surface area contributed by atoms with Gasteiger partial charge in [-0.3, -0.25) is 0 Å². The van der Waals surface area contributed by atoms with E-state index in [-0.39, 0.29) is 0 Å². The highest BCUT2D eigenvalue weighted by atomic mass is 16.3. The van der Waals surface area contributed by atoms with E-state index in [2.05, 4.69) is 192 Å². The van der Waals surface area contributed by atoms with Gasteiger partial charge in [-0.2, -0.15) is 0 Å². The molecule has 12 aromatic rings. The molecule has 0 radical (unpaired) electrons. The molecule has 0 saturated carbocycles. The number of hydrogen-bond donors (Lipinski definition) is 0. The van der Waals surface area contributed by atoms with E-state index in [4.69, 9.17) is 14.4 Å². The molecule has 5 nitrogen and oxygen atoms in total. The number of para-hydroxylation sites is 2. The van der Waals surface area contributed by atoms with Gasteiger partial charge in [-0.05, 0) is 93.0 Å². The monoisotopic (exact) mass is 792 g/mol. The molecule has 0 aliphatic heterocycles. The van der Waals surface area contributed by atoms with E-state index in [1.165, 1.54) is 10.8 Å². The molecule has 0 amide bonds.